The molecule has 2 N–H and O–H groups in total. The van der Waals surface area contributed by atoms with Crippen LogP contribution >= 0.6 is 0 Å². The first-order chi connectivity index (χ1) is 11.0. The van der Waals surface area contributed by atoms with Crippen molar-refractivity contribution in [3.05, 3.63) is 35.6 Å². The van der Waals surface area contributed by atoms with E-state index < -0.39 is 0 Å². The highest BCUT2D eigenvalue weighted by Crippen LogP contribution is 2.06. The van der Waals surface area contributed by atoms with Crippen molar-refractivity contribution < 1.29 is 14.0 Å². The van der Waals surface area contributed by atoms with E-state index in [-0.39, 0.29) is 30.8 Å². The van der Waals surface area contributed by atoms with Gasteiger partial charge in [-0.05, 0) is 17.7 Å². The van der Waals surface area contributed by atoms with E-state index >= 15 is 0 Å². The van der Waals surface area contributed by atoms with Crippen LogP contribution in [0.1, 0.15) is 5.56 Å². The van der Waals surface area contributed by atoms with Crippen molar-refractivity contribution in [1.29, 1.82) is 0 Å². The SMILES string of the molecule is CN=C(NCCN1C(=O)CNC1=O)N(C)Cc1cccc(F)c1. The zero-order valence-electron chi connectivity index (χ0n) is 13.2. The third kappa shape index (κ3) is 4.41. The van der Waals surface area contributed by atoms with Crippen molar-refractivity contribution in [1.82, 2.24) is 20.4 Å². The number of hydrogen-bond acceptors (Lipinski definition) is 3. The third-order valence-corrected chi connectivity index (χ3v) is 3.44. The molecule has 0 unspecified atom stereocenters. The summed E-state index contributed by atoms with van der Waals surface area (Å²) in [5, 5.41) is 5.55. The van der Waals surface area contributed by atoms with E-state index in [1.807, 2.05) is 18.0 Å². The van der Waals surface area contributed by atoms with Gasteiger partial charge < -0.3 is 15.5 Å². The minimum atomic E-state index is -0.375. The van der Waals surface area contributed by atoms with Gasteiger partial charge in [-0.3, -0.25) is 14.7 Å². The Morgan fingerprint density at radius 1 is 1.48 bits per heavy atom. The molecule has 124 valence electrons. The summed E-state index contributed by atoms with van der Waals surface area (Å²) < 4.78 is 13.2. The van der Waals surface area contributed by atoms with Crippen LogP contribution in [0, 0.1) is 5.82 Å². The van der Waals surface area contributed by atoms with E-state index in [0.717, 1.165) is 10.5 Å². The number of benzene rings is 1. The summed E-state index contributed by atoms with van der Waals surface area (Å²) in [5.41, 5.74) is 0.824. The Labute approximate surface area is 134 Å². The third-order valence-electron chi connectivity index (χ3n) is 3.44. The molecule has 0 saturated carbocycles. The summed E-state index contributed by atoms with van der Waals surface area (Å²) in [5.74, 6) is 0.0821. The molecule has 7 nitrogen and oxygen atoms in total. The Balaban J connectivity index is 1.85. The first-order valence-corrected chi connectivity index (χ1v) is 7.25. The number of rotatable bonds is 5. The van der Waals surface area contributed by atoms with E-state index in [9.17, 15) is 14.0 Å². The molecule has 1 aliphatic rings. The number of imide groups is 1. The molecule has 3 amide bonds. The van der Waals surface area contributed by atoms with Crippen LogP contribution in [0.2, 0.25) is 0 Å². The number of amides is 3. The van der Waals surface area contributed by atoms with Crippen LogP contribution < -0.4 is 10.6 Å². The van der Waals surface area contributed by atoms with Crippen molar-refractivity contribution in [2.75, 3.05) is 33.7 Å². The Morgan fingerprint density at radius 3 is 2.87 bits per heavy atom. The predicted molar refractivity (Wildman–Crippen MR) is 84.3 cm³/mol. The second-order valence-electron chi connectivity index (χ2n) is 5.16. The molecule has 0 spiro atoms. The maximum atomic E-state index is 13.2. The average Bonchev–Trinajstić information content (AvgIpc) is 2.83. The summed E-state index contributed by atoms with van der Waals surface area (Å²) in [6.07, 6.45) is 0. The van der Waals surface area contributed by atoms with Crippen LogP contribution in [-0.2, 0) is 11.3 Å². The molecule has 1 heterocycles. The fraction of sp³-hybridized carbons (Fsp3) is 0.400. The molecule has 0 bridgehead atoms. The molecule has 0 atom stereocenters. The van der Waals surface area contributed by atoms with E-state index in [1.54, 1.807) is 13.1 Å². The highest BCUT2D eigenvalue weighted by atomic mass is 19.1. The Hall–Kier alpha value is -2.64. The van der Waals surface area contributed by atoms with Gasteiger partial charge in [0.05, 0.1) is 6.54 Å². The van der Waals surface area contributed by atoms with Crippen molar-refractivity contribution >= 4 is 17.9 Å². The quantitative estimate of drug-likeness (QED) is 0.467. The lowest BCUT2D eigenvalue weighted by molar-refractivity contribution is -0.124. The van der Waals surface area contributed by atoms with Gasteiger partial charge in [-0.2, -0.15) is 0 Å². The van der Waals surface area contributed by atoms with Gasteiger partial charge in [0, 0.05) is 33.7 Å². The summed E-state index contributed by atoms with van der Waals surface area (Å²) in [4.78, 5) is 30.0. The first-order valence-electron chi connectivity index (χ1n) is 7.25. The standard InChI is InChI=1S/C15H20FN5O2/c1-17-14(18-6-7-21-13(22)9-19-15(21)23)20(2)10-11-4-3-5-12(16)8-11/h3-5,8H,6-7,9-10H2,1-2H3,(H,17,18)(H,19,23). The zero-order chi connectivity index (χ0) is 16.8. The second kappa shape index (κ2) is 7.57. The van der Waals surface area contributed by atoms with Crippen LogP contribution in [-0.4, -0.2) is 61.4 Å². The summed E-state index contributed by atoms with van der Waals surface area (Å²) in [6, 6.07) is 5.98. The van der Waals surface area contributed by atoms with Gasteiger partial charge in [-0.15, -0.1) is 0 Å². The van der Waals surface area contributed by atoms with Crippen molar-refractivity contribution in [2.45, 2.75) is 6.54 Å². The van der Waals surface area contributed by atoms with Crippen molar-refractivity contribution in [3.63, 3.8) is 0 Å². The molecule has 1 saturated heterocycles. The van der Waals surface area contributed by atoms with Crippen LogP contribution in [0.25, 0.3) is 0 Å². The van der Waals surface area contributed by atoms with E-state index in [2.05, 4.69) is 15.6 Å². The molecule has 2 rings (SSSR count). The Kier molecular flexibility index (Phi) is 5.51. The number of urea groups is 1. The van der Waals surface area contributed by atoms with Crippen LogP contribution in [0.5, 0.6) is 0 Å². The van der Waals surface area contributed by atoms with E-state index in [4.69, 9.17) is 0 Å². The van der Waals surface area contributed by atoms with Crippen LogP contribution in [0.4, 0.5) is 9.18 Å². The molecule has 0 aliphatic carbocycles. The van der Waals surface area contributed by atoms with E-state index in [0.29, 0.717) is 19.0 Å². The number of aliphatic imine (C=N–C) groups is 1. The van der Waals surface area contributed by atoms with Gasteiger partial charge in [-0.25, -0.2) is 9.18 Å². The van der Waals surface area contributed by atoms with Gasteiger partial charge in [0.1, 0.15) is 5.82 Å². The first kappa shape index (κ1) is 16.7. The smallest absolute Gasteiger partial charge is 0.324 e. The second-order valence-corrected chi connectivity index (χ2v) is 5.16. The maximum absolute atomic E-state index is 13.2. The highest BCUT2D eigenvalue weighted by Gasteiger charge is 2.27. The number of nitrogens with one attached hydrogen (secondary N) is 2. The fourth-order valence-corrected chi connectivity index (χ4v) is 2.33. The molecule has 1 aromatic rings. The fourth-order valence-electron chi connectivity index (χ4n) is 2.33. The van der Waals surface area contributed by atoms with Crippen LogP contribution in [0.3, 0.4) is 0 Å². The molecular formula is C15H20FN5O2. The summed E-state index contributed by atoms with van der Waals surface area (Å²) in [7, 11) is 3.46. The lowest BCUT2D eigenvalue weighted by Gasteiger charge is -2.23. The van der Waals surface area contributed by atoms with Crippen molar-refractivity contribution in [2.24, 2.45) is 4.99 Å². The molecule has 1 aliphatic heterocycles. The molecular weight excluding hydrogens is 301 g/mol. The zero-order valence-corrected chi connectivity index (χ0v) is 13.2. The number of nitrogens with zero attached hydrogens (tertiary/aromatic N) is 3. The lowest BCUT2D eigenvalue weighted by Crippen LogP contribution is -2.43. The lowest BCUT2D eigenvalue weighted by atomic mass is 10.2. The average molecular weight is 321 g/mol. The summed E-state index contributed by atoms with van der Waals surface area (Å²) >= 11 is 0. The monoisotopic (exact) mass is 321 g/mol. The van der Waals surface area contributed by atoms with Crippen molar-refractivity contribution in [3.8, 4) is 0 Å². The molecule has 1 aromatic carbocycles. The minimum Gasteiger partial charge on any atom is -0.354 e. The topological polar surface area (TPSA) is 77.0 Å². The largest absolute Gasteiger partial charge is 0.354 e. The number of guanidine groups is 1. The Morgan fingerprint density at radius 2 is 2.26 bits per heavy atom. The predicted octanol–water partition coefficient (Wildman–Crippen LogP) is 0.385. The van der Waals surface area contributed by atoms with E-state index in [1.165, 1.54) is 12.1 Å². The van der Waals surface area contributed by atoms with Gasteiger partial charge in [0.2, 0.25) is 5.91 Å². The van der Waals surface area contributed by atoms with Gasteiger partial charge in [-0.1, -0.05) is 12.1 Å². The normalized spacial score (nSPS) is 14.9. The number of hydrogen-bond donors (Lipinski definition) is 2. The van der Waals surface area contributed by atoms with Gasteiger partial charge in [0.15, 0.2) is 5.96 Å². The molecule has 1 fully saturated rings. The summed E-state index contributed by atoms with van der Waals surface area (Å²) in [6.45, 7) is 1.18. The number of carbonyl (C=O) groups excluding carboxylic acids is 2. The minimum absolute atomic E-state index is 0.0486. The maximum Gasteiger partial charge on any atom is 0.324 e. The Bertz CT molecular complexity index is 604. The number of carbonyl (C=O) groups is 2. The molecule has 0 radical (unpaired) electrons. The molecule has 0 aromatic heterocycles. The molecule has 8 heteroatoms. The van der Waals surface area contributed by atoms with Gasteiger partial charge >= 0.3 is 6.03 Å². The highest BCUT2D eigenvalue weighted by molar-refractivity contribution is 6.01. The van der Waals surface area contributed by atoms with Gasteiger partial charge in [0.25, 0.3) is 0 Å². The number of halogens is 1. The van der Waals surface area contributed by atoms with Crippen LogP contribution in [0.15, 0.2) is 29.3 Å². The molecule has 23 heavy (non-hydrogen) atoms.